The van der Waals surface area contributed by atoms with Crippen molar-refractivity contribution in [1.82, 2.24) is 29.7 Å². The molecule has 2 aliphatic rings. The van der Waals surface area contributed by atoms with E-state index in [1.54, 1.807) is 29.2 Å². The van der Waals surface area contributed by atoms with Gasteiger partial charge in [-0.05, 0) is 56.0 Å². The summed E-state index contributed by atoms with van der Waals surface area (Å²) in [7, 11) is 1.81. The first kappa shape index (κ1) is 20.7. The van der Waals surface area contributed by atoms with Gasteiger partial charge in [0.15, 0.2) is 11.6 Å². The van der Waals surface area contributed by atoms with Crippen molar-refractivity contribution >= 4 is 5.91 Å². The lowest BCUT2D eigenvalue weighted by molar-refractivity contribution is 0.0391. The molecule has 0 radical (unpaired) electrons. The minimum absolute atomic E-state index is 0.00867. The summed E-state index contributed by atoms with van der Waals surface area (Å²) in [6.45, 7) is 0. The zero-order chi connectivity index (χ0) is 23.4. The monoisotopic (exact) mass is 460 g/mol. The van der Waals surface area contributed by atoms with Gasteiger partial charge in [0.25, 0.3) is 5.91 Å². The predicted molar refractivity (Wildman–Crippen MR) is 120 cm³/mol. The summed E-state index contributed by atoms with van der Waals surface area (Å²) >= 11 is 0. The zero-order valence-electron chi connectivity index (χ0n) is 18.5. The van der Waals surface area contributed by atoms with E-state index in [0.29, 0.717) is 23.2 Å². The van der Waals surface area contributed by atoms with E-state index < -0.39 is 11.6 Å². The lowest BCUT2D eigenvalue weighted by atomic mass is 9.81. The van der Waals surface area contributed by atoms with Gasteiger partial charge >= 0.3 is 0 Å². The second-order valence-corrected chi connectivity index (χ2v) is 8.82. The van der Waals surface area contributed by atoms with Crippen molar-refractivity contribution in [1.29, 1.82) is 0 Å². The van der Waals surface area contributed by atoms with Gasteiger partial charge in [-0.25, -0.2) is 8.78 Å². The Labute approximate surface area is 194 Å². The molecule has 6 rings (SSSR count). The van der Waals surface area contributed by atoms with Crippen LogP contribution in [-0.4, -0.2) is 41.6 Å². The van der Waals surface area contributed by atoms with E-state index in [0.717, 1.165) is 42.3 Å². The van der Waals surface area contributed by atoms with E-state index in [9.17, 15) is 13.6 Å². The van der Waals surface area contributed by atoms with E-state index in [-0.39, 0.29) is 18.0 Å². The Morgan fingerprint density at radius 2 is 1.82 bits per heavy atom. The van der Waals surface area contributed by atoms with Gasteiger partial charge in [0, 0.05) is 24.2 Å². The summed E-state index contributed by atoms with van der Waals surface area (Å²) in [6, 6.07) is 11.1. The Balaban J connectivity index is 1.43. The Kier molecular flexibility index (Phi) is 4.79. The maximum Gasteiger partial charge on any atom is 0.256 e. The van der Waals surface area contributed by atoms with E-state index in [1.807, 2.05) is 30.1 Å². The minimum atomic E-state index is -0.885. The van der Waals surface area contributed by atoms with Crippen LogP contribution in [0, 0.1) is 11.6 Å². The number of hydrogen-bond acceptors (Lipinski definition) is 4. The van der Waals surface area contributed by atoms with Crippen LogP contribution in [0.15, 0.2) is 54.9 Å². The summed E-state index contributed by atoms with van der Waals surface area (Å²) < 4.78 is 29.3. The lowest BCUT2D eigenvalue weighted by Gasteiger charge is -2.45. The third-order valence-corrected chi connectivity index (χ3v) is 6.87. The number of nitrogens with zero attached hydrogens (tertiary/aromatic N) is 6. The molecule has 0 aliphatic carbocycles. The van der Waals surface area contributed by atoms with Crippen LogP contribution in [0.25, 0.3) is 16.9 Å². The maximum atomic E-state index is 14.0. The standard InChI is InChI=1S/C25H22F2N6O/c1-31-24(15-9-10-19(26)20(27)13-15)18-14-16-5-4-8-22(23(18)30-31)32(16)25(34)17-6-2-3-7-21(17)33-28-11-12-29-33/h2-3,6-7,9-13,16,22H,4-5,8,14H2,1H3/t16-,22+/m0/s1. The Bertz CT molecular complexity index is 1400. The van der Waals surface area contributed by atoms with Crippen LogP contribution in [0.3, 0.4) is 0 Å². The van der Waals surface area contributed by atoms with Gasteiger partial charge in [-0.15, -0.1) is 0 Å². The van der Waals surface area contributed by atoms with Gasteiger partial charge in [0.2, 0.25) is 0 Å². The smallest absolute Gasteiger partial charge is 0.256 e. The van der Waals surface area contributed by atoms with Gasteiger partial charge in [-0.2, -0.15) is 20.1 Å². The third kappa shape index (κ3) is 3.14. The molecule has 1 amide bonds. The quantitative estimate of drug-likeness (QED) is 0.459. The molecule has 0 saturated carbocycles. The molecule has 172 valence electrons. The lowest BCUT2D eigenvalue weighted by Crippen LogP contribution is -2.50. The number of halogens is 2. The largest absolute Gasteiger partial charge is 0.327 e. The van der Waals surface area contributed by atoms with Crippen LogP contribution in [0.2, 0.25) is 0 Å². The van der Waals surface area contributed by atoms with Crippen LogP contribution in [0.1, 0.15) is 46.9 Å². The highest BCUT2D eigenvalue weighted by molar-refractivity contribution is 5.98. The van der Waals surface area contributed by atoms with Crippen molar-refractivity contribution in [2.45, 2.75) is 37.8 Å². The van der Waals surface area contributed by atoms with Crippen molar-refractivity contribution in [3.8, 4) is 16.9 Å². The molecule has 4 aromatic rings. The number of para-hydroxylation sites is 1. The predicted octanol–water partition coefficient (Wildman–Crippen LogP) is 4.24. The molecule has 0 spiro atoms. The van der Waals surface area contributed by atoms with Gasteiger partial charge in [-0.3, -0.25) is 9.48 Å². The van der Waals surface area contributed by atoms with E-state index in [4.69, 9.17) is 5.10 Å². The second-order valence-electron chi connectivity index (χ2n) is 8.82. The average Bonchev–Trinajstić information content (AvgIpc) is 3.48. The first-order valence-electron chi connectivity index (χ1n) is 11.3. The highest BCUT2D eigenvalue weighted by Gasteiger charge is 2.44. The van der Waals surface area contributed by atoms with Crippen molar-refractivity contribution < 1.29 is 13.6 Å². The summed E-state index contributed by atoms with van der Waals surface area (Å²) in [5, 5.41) is 13.2. The molecule has 7 nitrogen and oxygen atoms in total. The summed E-state index contributed by atoms with van der Waals surface area (Å²) in [6.07, 6.45) is 6.44. The van der Waals surface area contributed by atoms with Crippen LogP contribution in [0.5, 0.6) is 0 Å². The molecule has 2 atom stereocenters. The molecule has 0 N–H and O–H groups in total. The molecule has 9 heteroatoms. The molecule has 1 fully saturated rings. The fourth-order valence-corrected chi connectivity index (χ4v) is 5.46. The molecule has 0 unspecified atom stereocenters. The highest BCUT2D eigenvalue weighted by Crippen LogP contribution is 2.45. The van der Waals surface area contributed by atoms with Crippen molar-refractivity contribution in [3.63, 3.8) is 0 Å². The number of piperidine rings is 1. The molecule has 2 bridgehead atoms. The Morgan fingerprint density at radius 3 is 2.62 bits per heavy atom. The number of rotatable bonds is 3. The number of carbonyl (C=O) groups is 1. The van der Waals surface area contributed by atoms with E-state index in [2.05, 4.69) is 10.2 Å². The van der Waals surface area contributed by atoms with Crippen LogP contribution >= 0.6 is 0 Å². The molecule has 4 heterocycles. The van der Waals surface area contributed by atoms with Crippen molar-refractivity contribution in [2.75, 3.05) is 0 Å². The van der Waals surface area contributed by atoms with Gasteiger partial charge < -0.3 is 4.90 Å². The second kappa shape index (κ2) is 7.86. The van der Waals surface area contributed by atoms with Crippen molar-refractivity contribution in [3.05, 3.63) is 83.3 Å². The topological polar surface area (TPSA) is 68.8 Å². The van der Waals surface area contributed by atoms with Gasteiger partial charge in [0.1, 0.15) is 0 Å². The highest BCUT2D eigenvalue weighted by atomic mass is 19.2. The summed E-state index contributed by atoms with van der Waals surface area (Å²) in [5.74, 6) is -1.84. The van der Waals surface area contributed by atoms with Crippen LogP contribution < -0.4 is 0 Å². The average molecular weight is 460 g/mol. The number of carbonyl (C=O) groups excluding carboxylic acids is 1. The van der Waals surface area contributed by atoms with Gasteiger partial charge in [-0.1, -0.05) is 12.1 Å². The normalized spacial score (nSPS) is 19.2. The Morgan fingerprint density at radius 1 is 1.03 bits per heavy atom. The number of amides is 1. The number of benzene rings is 2. The molecular weight excluding hydrogens is 438 g/mol. The summed E-state index contributed by atoms with van der Waals surface area (Å²) in [4.78, 5) is 17.3. The van der Waals surface area contributed by atoms with Crippen LogP contribution in [-0.2, 0) is 13.5 Å². The van der Waals surface area contributed by atoms with Crippen LogP contribution in [0.4, 0.5) is 8.78 Å². The first-order valence-corrected chi connectivity index (χ1v) is 11.3. The number of aryl methyl sites for hydroxylation is 1. The molecule has 2 aliphatic heterocycles. The number of aromatic nitrogens is 5. The van der Waals surface area contributed by atoms with Gasteiger partial charge in [0.05, 0.1) is 41.1 Å². The van der Waals surface area contributed by atoms with Crippen molar-refractivity contribution in [2.24, 2.45) is 7.05 Å². The van der Waals surface area contributed by atoms with E-state index in [1.165, 1.54) is 10.9 Å². The molecule has 1 saturated heterocycles. The third-order valence-electron chi connectivity index (χ3n) is 6.87. The fraction of sp³-hybridized carbons (Fsp3) is 0.280. The SMILES string of the molecule is Cn1nc2c(c1-c1ccc(F)c(F)c1)C[C@@H]1CCC[C@H]2N1C(=O)c1ccccc1-n1nccn1. The van der Waals surface area contributed by atoms with E-state index >= 15 is 0 Å². The molecule has 34 heavy (non-hydrogen) atoms. The fourth-order valence-electron chi connectivity index (χ4n) is 5.46. The Hall–Kier alpha value is -3.88. The number of fused-ring (bicyclic) bond motifs is 4. The molecule has 2 aromatic heterocycles. The number of hydrogen-bond donors (Lipinski definition) is 0. The maximum absolute atomic E-state index is 14.0. The molecular formula is C25H22F2N6O. The minimum Gasteiger partial charge on any atom is -0.327 e. The zero-order valence-corrected chi connectivity index (χ0v) is 18.5. The molecule has 2 aromatic carbocycles. The first-order chi connectivity index (χ1) is 16.5. The summed E-state index contributed by atoms with van der Waals surface area (Å²) in [5.41, 5.74) is 4.37.